The highest BCUT2D eigenvalue weighted by Gasteiger charge is 2.45. The highest BCUT2D eigenvalue weighted by Crippen LogP contribution is 2.45. The van der Waals surface area contributed by atoms with Gasteiger partial charge in [0.1, 0.15) is 11.6 Å². The van der Waals surface area contributed by atoms with Crippen LogP contribution in [0.25, 0.3) is 0 Å². The Balaban J connectivity index is 1.89. The Hall–Kier alpha value is -1.00. The molecule has 4 heteroatoms. The summed E-state index contributed by atoms with van der Waals surface area (Å²) in [4.78, 5) is 0. The van der Waals surface area contributed by atoms with Crippen LogP contribution in [0, 0.1) is 17.6 Å². The van der Waals surface area contributed by atoms with Gasteiger partial charge in [-0.15, -0.1) is 0 Å². The lowest BCUT2D eigenvalue weighted by molar-refractivity contribution is 0.0389. The first kappa shape index (κ1) is 11.1. The molecule has 0 amide bonds. The largest absolute Gasteiger partial charge is 0.388 e. The number of hydrogen-bond acceptors (Lipinski definition) is 2. The van der Waals surface area contributed by atoms with Gasteiger partial charge in [0.05, 0.1) is 23.9 Å². The first-order valence-electron chi connectivity index (χ1n) is 5.94. The maximum Gasteiger partial charge on any atom is 0.131 e. The Morgan fingerprint density at radius 2 is 1.94 bits per heavy atom. The minimum atomic E-state index is -1.11. The quantitative estimate of drug-likeness (QED) is 0.860. The minimum absolute atomic E-state index is 0.0472. The molecule has 2 aliphatic rings. The molecule has 0 aliphatic carbocycles. The first-order chi connectivity index (χ1) is 8.16. The van der Waals surface area contributed by atoms with Gasteiger partial charge in [-0.3, -0.25) is 0 Å². The molecule has 0 spiro atoms. The average molecular weight is 240 g/mol. The lowest BCUT2D eigenvalue weighted by Crippen LogP contribution is -2.25. The molecule has 2 fully saturated rings. The molecule has 0 radical (unpaired) electrons. The van der Waals surface area contributed by atoms with Crippen molar-refractivity contribution in [3.8, 4) is 0 Å². The fraction of sp³-hybridized carbons (Fsp3) is 0.538. The normalized spacial score (nSPS) is 33.0. The Morgan fingerprint density at radius 3 is 2.47 bits per heavy atom. The molecule has 4 unspecified atom stereocenters. The van der Waals surface area contributed by atoms with Crippen LogP contribution in [0.3, 0.4) is 0 Å². The number of aliphatic hydroxyl groups excluding tert-OH is 1. The van der Waals surface area contributed by atoms with E-state index in [-0.39, 0.29) is 23.7 Å². The van der Waals surface area contributed by atoms with Gasteiger partial charge in [-0.2, -0.15) is 0 Å². The molecule has 2 nitrogen and oxygen atoms in total. The molecule has 2 heterocycles. The van der Waals surface area contributed by atoms with Crippen molar-refractivity contribution >= 4 is 0 Å². The maximum atomic E-state index is 13.6. The predicted molar refractivity (Wildman–Crippen MR) is 57.3 cm³/mol. The van der Waals surface area contributed by atoms with Crippen LogP contribution < -0.4 is 0 Å². The molecule has 0 aromatic heterocycles. The third-order valence-corrected chi connectivity index (χ3v) is 3.85. The maximum absolute atomic E-state index is 13.6. The molecule has 2 aliphatic heterocycles. The van der Waals surface area contributed by atoms with E-state index in [0.29, 0.717) is 6.42 Å². The number of halogens is 2. The molecule has 17 heavy (non-hydrogen) atoms. The van der Waals surface area contributed by atoms with E-state index < -0.39 is 17.7 Å². The lowest BCUT2D eigenvalue weighted by Gasteiger charge is -2.25. The van der Waals surface area contributed by atoms with Crippen molar-refractivity contribution < 1.29 is 18.6 Å². The molecule has 1 aromatic carbocycles. The smallest absolute Gasteiger partial charge is 0.131 e. The SMILES string of the molecule is OC(c1c(F)cccc1F)C1CC2CCC1O2. The van der Waals surface area contributed by atoms with Gasteiger partial charge in [0.2, 0.25) is 0 Å². The van der Waals surface area contributed by atoms with E-state index in [0.717, 1.165) is 12.8 Å². The van der Waals surface area contributed by atoms with E-state index in [2.05, 4.69) is 0 Å². The third kappa shape index (κ3) is 1.76. The van der Waals surface area contributed by atoms with Gasteiger partial charge in [-0.25, -0.2) is 8.78 Å². The Morgan fingerprint density at radius 1 is 1.24 bits per heavy atom. The molecule has 92 valence electrons. The van der Waals surface area contributed by atoms with Crippen molar-refractivity contribution in [1.82, 2.24) is 0 Å². The van der Waals surface area contributed by atoms with Crippen LogP contribution in [0.1, 0.15) is 30.9 Å². The summed E-state index contributed by atoms with van der Waals surface area (Å²) >= 11 is 0. The van der Waals surface area contributed by atoms with Crippen molar-refractivity contribution in [3.63, 3.8) is 0 Å². The highest BCUT2D eigenvalue weighted by atomic mass is 19.1. The molecule has 1 aromatic rings. The van der Waals surface area contributed by atoms with E-state index in [1.807, 2.05) is 0 Å². The predicted octanol–water partition coefficient (Wildman–Crippen LogP) is 2.57. The van der Waals surface area contributed by atoms with Crippen molar-refractivity contribution in [2.75, 3.05) is 0 Å². The van der Waals surface area contributed by atoms with E-state index in [4.69, 9.17) is 4.74 Å². The van der Waals surface area contributed by atoms with Gasteiger partial charge in [0.15, 0.2) is 0 Å². The Labute approximate surface area is 98.2 Å². The summed E-state index contributed by atoms with van der Waals surface area (Å²) in [5, 5.41) is 10.1. The second-order valence-corrected chi connectivity index (χ2v) is 4.85. The number of rotatable bonds is 2. The third-order valence-electron chi connectivity index (χ3n) is 3.85. The lowest BCUT2D eigenvalue weighted by atomic mass is 9.82. The second kappa shape index (κ2) is 4.03. The Kier molecular flexibility index (Phi) is 2.64. The van der Waals surface area contributed by atoms with Crippen LogP contribution in [-0.4, -0.2) is 17.3 Å². The zero-order valence-corrected chi connectivity index (χ0v) is 9.27. The molecular formula is C13H14F2O2. The van der Waals surface area contributed by atoms with Crippen LogP contribution in [0.2, 0.25) is 0 Å². The van der Waals surface area contributed by atoms with E-state index in [9.17, 15) is 13.9 Å². The summed E-state index contributed by atoms with van der Waals surface area (Å²) < 4.78 is 32.7. The summed E-state index contributed by atoms with van der Waals surface area (Å²) in [5.41, 5.74) is -0.214. The van der Waals surface area contributed by atoms with E-state index in [1.54, 1.807) is 0 Å². The molecule has 4 atom stereocenters. The molecule has 2 saturated heterocycles. The fourth-order valence-corrected chi connectivity index (χ4v) is 3.02. The summed E-state index contributed by atoms with van der Waals surface area (Å²) in [6.45, 7) is 0. The van der Waals surface area contributed by atoms with E-state index >= 15 is 0 Å². The van der Waals surface area contributed by atoms with Crippen molar-refractivity contribution in [3.05, 3.63) is 35.4 Å². The van der Waals surface area contributed by atoms with Gasteiger partial charge in [0, 0.05) is 5.92 Å². The van der Waals surface area contributed by atoms with Crippen molar-refractivity contribution in [1.29, 1.82) is 0 Å². The zero-order chi connectivity index (χ0) is 12.0. The second-order valence-electron chi connectivity index (χ2n) is 4.85. The van der Waals surface area contributed by atoms with Crippen molar-refractivity contribution in [2.24, 2.45) is 5.92 Å². The molecular weight excluding hydrogens is 226 g/mol. The summed E-state index contributed by atoms with van der Waals surface area (Å²) in [6.07, 6.45) is 1.57. The number of hydrogen-bond donors (Lipinski definition) is 1. The van der Waals surface area contributed by atoms with Crippen LogP contribution in [0.4, 0.5) is 8.78 Å². The van der Waals surface area contributed by atoms with Crippen LogP contribution in [-0.2, 0) is 4.74 Å². The standard InChI is InChI=1S/C13H14F2O2/c14-9-2-1-3-10(15)12(9)13(16)8-6-7-4-5-11(8)17-7/h1-3,7-8,11,13,16H,4-6H2. The van der Waals surface area contributed by atoms with Gasteiger partial charge >= 0.3 is 0 Å². The van der Waals surface area contributed by atoms with E-state index in [1.165, 1.54) is 18.2 Å². The molecule has 0 saturated carbocycles. The molecule has 1 N–H and O–H groups in total. The number of benzene rings is 1. The van der Waals surface area contributed by atoms with Gasteiger partial charge in [-0.1, -0.05) is 6.07 Å². The van der Waals surface area contributed by atoms with Crippen LogP contribution >= 0.6 is 0 Å². The fourth-order valence-electron chi connectivity index (χ4n) is 3.02. The monoisotopic (exact) mass is 240 g/mol. The molecule has 3 rings (SSSR count). The summed E-state index contributed by atoms with van der Waals surface area (Å²) in [5.74, 6) is -1.54. The minimum Gasteiger partial charge on any atom is -0.388 e. The molecule has 2 bridgehead atoms. The van der Waals surface area contributed by atoms with Gasteiger partial charge in [0.25, 0.3) is 0 Å². The topological polar surface area (TPSA) is 29.5 Å². The Bertz CT molecular complexity index is 415. The first-order valence-corrected chi connectivity index (χ1v) is 5.94. The van der Waals surface area contributed by atoms with Crippen LogP contribution in [0.5, 0.6) is 0 Å². The summed E-state index contributed by atoms with van der Waals surface area (Å²) in [7, 11) is 0. The van der Waals surface area contributed by atoms with Crippen LogP contribution in [0.15, 0.2) is 18.2 Å². The number of fused-ring (bicyclic) bond motifs is 2. The zero-order valence-electron chi connectivity index (χ0n) is 9.27. The highest BCUT2D eigenvalue weighted by molar-refractivity contribution is 5.23. The van der Waals surface area contributed by atoms with Crippen molar-refractivity contribution in [2.45, 2.75) is 37.6 Å². The van der Waals surface area contributed by atoms with Gasteiger partial charge < -0.3 is 9.84 Å². The summed E-state index contributed by atoms with van der Waals surface area (Å²) in [6, 6.07) is 3.66. The average Bonchev–Trinajstić information content (AvgIpc) is 2.90. The van der Waals surface area contributed by atoms with Gasteiger partial charge in [-0.05, 0) is 31.4 Å². The number of ether oxygens (including phenoxy) is 1. The number of aliphatic hydroxyl groups is 1.